The van der Waals surface area contributed by atoms with Crippen molar-refractivity contribution in [1.82, 2.24) is 0 Å². The number of aliphatic hydroxyl groups excluding tert-OH is 1. The molecule has 0 saturated carbocycles. The van der Waals surface area contributed by atoms with Gasteiger partial charge in [0.05, 0.1) is 26.4 Å². The number of phosphoric acid groups is 2. The number of phosphoric ester groups is 2. The van der Waals surface area contributed by atoms with Crippen molar-refractivity contribution in [2.45, 2.75) is 343 Å². The first-order chi connectivity index (χ1) is 41.2. The molecule has 3 N–H and O–H groups in total. The molecule has 7 atom stereocenters. The zero-order valence-corrected chi connectivity index (χ0v) is 57.7. The number of ether oxygens (including phenoxy) is 4. The third-order valence-electron chi connectivity index (χ3n) is 16.0. The second-order valence-electron chi connectivity index (χ2n) is 25.6. The van der Waals surface area contributed by atoms with Crippen molar-refractivity contribution < 1.29 is 80.2 Å². The molecule has 0 bridgehead atoms. The van der Waals surface area contributed by atoms with E-state index in [9.17, 15) is 43.2 Å². The van der Waals surface area contributed by atoms with Gasteiger partial charge in [0.25, 0.3) is 0 Å². The lowest BCUT2D eigenvalue weighted by Crippen LogP contribution is -2.30. The minimum atomic E-state index is -4.95. The fourth-order valence-corrected chi connectivity index (χ4v) is 11.5. The van der Waals surface area contributed by atoms with Crippen LogP contribution in [0, 0.1) is 23.7 Å². The zero-order chi connectivity index (χ0) is 63.9. The SMILES string of the molecule is CCC(C)CCCCCCCCC(=O)OC[C@H](COP(=O)(O)OCC(O)COP(=O)(O)OC[C@@H](COC(=O)CCCCCCCCCC(C)C)OC(=O)CCCCCCCCC(C)CC)OC(=O)CCCCCCCCCCCCCCCC(C)C. The van der Waals surface area contributed by atoms with Crippen LogP contribution in [-0.4, -0.2) is 96.7 Å². The monoisotopic (exact) mass is 1270 g/mol. The molecule has 86 heavy (non-hydrogen) atoms. The van der Waals surface area contributed by atoms with Crippen molar-refractivity contribution in [2.75, 3.05) is 39.6 Å². The summed E-state index contributed by atoms with van der Waals surface area (Å²) in [6.45, 7) is 14.0. The first-order valence-electron chi connectivity index (χ1n) is 34.8. The maximum absolute atomic E-state index is 13.0. The molecule has 17 nitrogen and oxygen atoms in total. The number of unbranched alkanes of at least 4 members (excludes halogenated alkanes) is 28. The van der Waals surface area contributed by atoms with Crippen LogP contribution in [0.15, 0.2) is 0 Å². The smallest absolute Gasteiger partial charge is 0.462 e. The maximum Gasteiger partial charge on any atom is 0.472 e. The van der Waals surface area contributed by atoms with Crippen LogP contribution in [0.2, 0.25) is 0 Å². The Balaban J connectivity index is 5.24. The number of carbonyl (C=O) groups is 4. The second kappa shape index (κ2) is 57.0. The molecule has 0 saturated heterocycles. The molecule has 0 aromatic rings. The van der Waals surface area contributed by atoms with E-state index in [-0.39, 0.29) is 25.7 Å². The van der Waals surface area contributed by atoms with Crippen LogP contribution in [0.1, 0.15) is 325 Å². The lowest BCUT2D eigenvalue weighted by molar-refractivity contribution is -0.161. The van der Waals surface area contributed by atoms with Gasteiger partial charge in [-0.05, 0) is 49.4 Å². The minimum absolute atomic E-state index is 0.102. The first-order valence-corrected chi connectivity index (χ1v) is 37.8. The predicted octanol–water partition coefficient (Wildman–Crippen LogP) is 18.5. The summed E-state index contributed by atoms with van der Waals surface area (Å²) in [6, 6.07) is 0. The van der Waals surface area contributed by atoms with Gasteiger partial charge in [0.1, 0.15) is 19.3 Å². The van der Waals surface area contributed by atoms with Crippen molar-refractivity contribution >= 4 is 39.5 Å². The van der Waals surface area contributed by atoms with Gasteiger partial charge >= 0.3 is 39.5 Å². The Morgan fingerprint density at radius 2 is 0.558 bits per heavy atom. The molecular weight excluding hydrogens is 1140 g/mol. The van der Waals surface area contributed by atoms with Gasteiger partial charge in [-0.1, -0.05) is 274 Å². The fourth-order valence-electron chi connectivity index (χ4n) is 9.89. The number of rotatable bonds is 64. The molecular formula is C67H130O17P2. The van der Waals surface area contributed by atoms with Gasteiger partial charge in [-0.25, -0.2) is 9.13 Å². The van der Waals surface area contributed by atoms with Crippen LogP contribution in [0.4, 0.5) is 0 Å². The summed E-state index contributed by atoms with van der Waals surface area (Å²) in [6.07, 6.45) is 37.7. The van der Waals surface area contributed by atoms with Gasteiger partial charge in [-0.15, -0.1) is 0 Å². The molecule has 0 aromatic heterocycles. The molecule has 19 heteroatoms. The highest BCUT2D eigenvalue weighted by atomic mass is 31.2. The van der Waals surface area contributed by atoms with Gasteiger partial charge in [0.15, 0.2) is 12.2 Å². The summed E-state index contributed by atoms with van der Waals surface area (Å²) in [4.78, 5) is 72.3. The van der Waals surface area contributed by atoms with Crippen LogP contribution in [0.5, 0.6) is 0 Å². The second-order valence-corrected chi connectivity index (χ2v) is 28.6. The standard InChI is InChI=1S/C67H130O17P2/c1-9-59(7)45-37-29-23-25-32-40-48-65(70)78-54-62(83-66(71)49-41-33-21-17-15-13-11-12-14-16-19-27-35-43-57(3)4)55-81-85(73,74)79-51-61(68)52-80-86(75,76)82-56-63(84-67(72)50-42-34-26-24-30-38-46-60(8)10-2)53-77-64(69)47-39-31-22-18-20-28-36-44-58(5)6/h57-63,68H,9-56H2,1-8H3,(H,73,74)(H,75,76)/t59?,60?,61?,62-,63-/m1/s1. The van der Waals surface area contributed by atoms with Crippen molar-refractivity contribution in [3.8, 4) is 0 Å². The third-order valence-corrected chi connectivity index (χ3v) is 17.9. The van der Waals surface area contributed by atoms with Crippen LogP contribution < -0.4 is 0 Å². The Labute approximate surface area is 524 Å². The van der Waals surface area contributed by atoms with Crippen molar-refractivity contribution in [1.29, 1.82) is 0 Å². The van der Waals surface area contributed by atoms with Gasteiger partial charge in [-0.2, -0.15) is 0 Å². The van der Waals surface area contributed by atoms with Crippen molar-refractivity contribution in [3.05, 3.63) is 0 Å². The average molecular weight is 1270 g/mol. The summed E-state index contributed by atoms with van der Waals surface area (Å²) in [7, 11) is -9.90. The molecule has 0 aliphatic heterocycles. The van der Waals surface area contributed by atoms with E-state index in [4.69, 9.17) is 37.0 Å². The normalized spacial score (nSPS) is 15.0. The average Bonchev–Trinajstić information content (AvgIpc) is 3.67. The summed E-state index contributed by atoms with van der Waals surface area (Å²) in [5, 5.41) is 10.6. The molecule has 0 aromatic carbocycles. The topological polar surface area (TPSA) is 237 Å². The Morgan fingerprint density at radius 3 is 0.826 bits per heavy atom. The Morgan fingerprint density at radius 1 is 0.326 bits per heavy atom. The molecule has 0 aliphatic carbocycles. The van der Waals surface area contributed by atoms with Crippen LogP contribution in [0.25, 0.3) is 0 Å². The molecule has 0 amide bonds. The van der Waals surface area contributed by atoms with Gasteiger partial charge in [-0.3, -0.25) is 37.3 Å². The predicted molar refractivity (Wildman–Crippen MR) is 344 cm³/mol. The lowest BCUT2D eigenvalue weighted by Gasteiger charge is -2.21. The Hall–Kier alpha value is -1.94. The van der Waals surface area contributed by atoms with Gasteiger partial charge < -0.3 is 33.8 Å². The maximum atomic E-state index is 13.0. The number of carbonyl (C=O) groups excluding carboxylic acids is 4. The van der Waals surface area contributed by atoms with E-state index in [1.54, 1.807) is 0 Å². The molecule has 5 unspecified atom stereocenters. The lowest BCUT2D eigenvalue weighted by atomic mass is 10.00. The molecule has 0 rings (SSSR count). The first kappa shape index (κ1) is 84.1. The van der Waals surface area contributed by atoms with Gasteiger partial charge in [0, 0.05) is 25.7 Å². The summed E-state index contributed by atoms with van der Waals surface area (Å²) in [5.41, 5.74) is 0. The number of hydrogen-bond donors (Lipinski definition) is 3. The molecule has 0 spiro atoms. The molecule has 0 aliphatic rings. The molecule has 510 valence electrons. The highest BCUT2D eigenvalue weighted by Gasteiger charge is 2.30. The molecule has 0 radical (unpaired) electrons. The van der Waals surface area contributed by atoms with E-state index >= 15 is 0 Å². The Kier molecular flexibility index (Phi) is 55.7. The number of aliphatic hydroxyl groups is 1. The fraction of sp³-hybridized carbons (Fsp3) is 0.940. The number of esters is 4. The van der Waals surface area contributed by atoms with Crippen LogP contribution >= 0.6 is 15.6 Å². The molecule has 0 fully saturated rings. The van der Waals surface area contributed by atoms with E-state index in [1.807, 2.05) is 0 Å². The summed E-state index contributed by atoms with van der Waals surface area (Å²) < 4.78 is 68.1. The van der Waals surface area contributed by atoms with E-state index < -0.39 is 97.5 Å². The quantitative estimate of drug-likeness (QED) is 0.0222. The van der Waals surface area contributed by atoms with Crippen molar-refractivity contribution in [2.24, 2.45) is 23.7 Å². The summed E-state index contributed by atoms with van der Waals surface area (Å²) in [5.74, 6) is 0.805. The summed E-state index contributed by atoms with van der Waals surface area (Å²) >= 11 is 0. The third kappa shape index (κ3) is 58.4. The van der Waals surface area contributed by atoms with Crippen molar-refractivity contribution in [3.63, 3.8) is 0 Å². The van der Waals surface area contributed by atoms with E-state index in [2.05, 4.69) is 55.4 Å². The Bertz CT molecular complexity index is 1720. The zero-order valence-electron chi connectivity index (χ0n) is 55.9. The highest BCUT2D eigenvalue weighted by Crippen LogP contribution is 2.45. The minimum Gasteiger partial charge on any atom is -0.462 e. The van der Waals surface area contributed by atoms with Crippen LogP contribution in [0.3, 0.4) is 0 Å². The van der Waals surface area contributed by atoms with Crippen LogP contribution in [-0.2, 0) is 65.4 Å². The number of hydrogen-bond acceptors (Lipinski definition) is 15. The van der Waals surface area contributed by atoms with E-state index in [0.717, 1.165) is 120 Å². The van der Waals surface area contributed by atoms with E-state index in [1.165, 1.54) is 116 Å². The van der Waals surface area contributed by atoms with E-state index in [0.29, 0.717) is 31.6 Å². The largest absolute Gasteiger partial charge is 0.472 e. The molecule has 0 heterocycles. The highest BCUT2D eigenvalue weighted by molar-refractivity contribution is 7.47. The van der Waals surface area contributed by atoms with Gasteiger partial charge in [0.2, 0.25) is 0 Å².